The number of aromatic nitrogens is 4. The van der Waals surface area contributed by atoms with E-state index in [1.807, 2.05) is 6.92 Å². The predicted molar refractivity (Wildman–Crippen MR) is 90.6 cm³/mol. The molecule has 0 aliphatic rings. The van der Waals surface area contributed by atoms with E-state index in [-0.39, 0.29) is 12.3 Å². The van der Waals surface area contributed by atoms with Gasteiger partial charge in [-0.1, -0.05) is 17.7 Å². The van der Waals surface area contributed by atoms with Gasteiger partial charge in [-0.05, 0) is 26.0 Å². The van der Waals surface area contributed by atoms with Crippen LogP contribution in [0.15, 0.2) is 24.3 Å². The van der Waals surface area contributed by atoms with Gasteiger partial charge in [-0.25, -0.2) is 4.98 Å². The lowest BCUT2D eigenvalue weighted by Crippen LogP contribution is -2.15. The van der Waals surface area contributed by atoms with Crippen LogP contribution in [0.1, 0.15) is 17.2 Å². The summed E-state index contributed by atoms with van der Waals surface area (Å²) in [5, 5.41) is 7.64. The van der Waals surface area contributed by atoms with Crippen molar-refractivity contribution >= 4 is 29.0 Å². The second-order valence-electron chi connectivity index (χ2n) is 5.29. The number of carbonyl (C=O) groups is 1. The van der Waals surface area contributed by atoms with Crippen LogP contribution in [0.4, 0.5) is 5.69 Å². The molecule has 0 atom stereocenters. The number of aryl methyl sites for hydroxylation is 2. The summed E-state index contributed by atoms with van der Waals surface area (Å²) in [7, 11) is 1.57. The van der Waals surface area contributed by atoms with Gasteiger partial charge in [0.15, 0.2) is 5.82 Å². The lowest BCUT2D eigenvalue weighted by molar-refractivity contribution is -0.115. The molecule has 1 aromatic carbocycles. The molecule has 2 heterocycles. The van der Waals surface area contributed by atoms with Crippen molar-refractivity contribution in [2.75, 3.05) is 12.4 Å². The van der Waals surface area contributed by atoms with Crippen molar-refractivity contribution in [2.45, 2.75) is 20.3 Å². The molecule has 0 bridgehead atoms. The maximum absolute atomic E-state index is 12.2. The number of halogens is 1. The van der Waals surface area contributed by atoms with Crippen LogP contribution in [0.3, 0.4) is 0 Å². The van der Waals surface area contributed by atoms with E-state index in [1.54, 1.807) is 42.8 Å². The average molecular weight is 346 g/mol. The summed E-state index contributed by atoms with van der Waals surface area (Å²) in [5.74, 6) is 1.26. The highest BCUT2D eigenvalue weighted by Crippen LogP contribution is 2.19. The van der Waals surface area contributed by atoms with E-state index in [0.29, 0.717) is 33.8 Å². The summed E-state index contributed by atoms with van der Waals surface area (Å²) >= 11 is 6.17. The number of hydrogen-bond donors (Lipinski definition) is 1. The Bertz CT molecular complexity index is 922. The van der Waals surface area contributed by atoms with Gasteiger partial charge >= 0.3 is 0 Å². The molecule has 0 saturated heterocycles. The molecule has 8 heteroatoms. The minimum Gasteiger partial charge on any atom is -0.497 e. The van der Waals surface area contributed by atoms with Crippen LogP contribution in [-0.4, -0.2) is 32.6 Å². The number of anilines is 1. The molecule has 24 heavy (non-hydrogen) atoms. The Hall–Kier alpha value is -2.67. The predicted octanol–water partition coefficient (Wildman–Crippen LogP) is 2.58. The van der Waals surface area contributed by atoms with Gasteiger partial charge in [0.1, 0.15) is 5.75 Å². The third-order valence-corrected chi connectivity index (χ3v) is 4.07. The molecule has 7 nitrogen and oxygen atoms in total. The van der Waals surface area contributed by atoms with Crippen LogP contribution in [0, 0.1) is 13.8 Å². The van der Waals surface area contributed by atoms with Crippen molar-refractivity contribution in [3.8, 4) is 5.75 Å². The van der Waals surface area contributed by atoms with Crippen molar-refractivity contribution in [2.24, 2.45) is 0 Å². The van der Waals surface area contributed by atoms with E-state index >= 15 is 0 Å². The topological polar surface area (TPSA) is 81.4 Å². The molecule has 1 N–H and O–H groups in total. The molecule has 3 aromatic rings. The Balaban J connectivity index is 1.79. The number of rotatable bonds is 4. The number of fused-ring (bicyclic) bond motifs is 1. The van der Waals surface area contributed by atoms with E-state index in [9.17, 15) is 4.79 Å². The van der Waals surface area contributed by atoms with Crippen molar-refractivity contribution in [1.29, 1.82) is 0 Å². The Morgan fingerprint density at radius 3 is 2.88 bits per heavy atom. The first-order chi connectivity index (χ1) is 11.5. The maximum Gasteiger partial charge on any atom is 0.252 e. The van der Waals surface area contributed by atoms with Crippen LogP contribution in [-0.2, 0) is 11.2 Å². The minimum atomic E-state index is -0.223. The second kappa shape index (κ2) is 6.45. The van der Waals surface area contributed by atoms with Crippen molar-refractivity contribution < 1.29 is 9.53 Å². The van der Waals surface area contributed by atoms with Crippen molar-refractivity contribution in [3.05, 3.63) is 46.5 Å². The van der Waals surface area contributed by atoms with Crippen LogP contribution >= 0.6 is 11.6 Å². The van der Waals surface area contributed by atoms with Gasteiger partial charge in [0.25, 0.3) is 5.78 Å². The van der Waals surface area contributed by atoms with Gasteiger partial charge in [-0.15, -0.1) is 5.10 Å². The molecule has 0 unspecified atom stereocenters. The van der Waals surface area contributed by atoms with E-state index in [0.717, 1.165) is 5.69 Å². The third kappa shape index (κ3) is 3.16. The van der Waals surface area contributed by atoms with Gasteiger partial charge in [0.05, 0.1) is 29.9 Å². The lowest BCUT2D eigenvalue weighted by atomic mass is 10.3. The Morgan fingerprint density at radius 2 is 2.12 bits per heavy atom. The van der Waals surface area contributed by atoms with Gasteiger partial charge in [-0.3, -0.25) is 4.79 Å². The molecule has 3 rings (SSSR count). The molecule has 0 spiro atoms. The summed E-state index contributed by atoms with van der Waals surface area (Å²) in [6, 6.07) is 7.13. The normalized spacial score (nSPS) is 10.8. The summed E-state index contributed by atoms with van der Waals surface area (Å²) in [6.45, 7) is 3.64. The number of hydrogen-bond acceptors (Lipinski definition) is 5. The average Bonchev–Trinajstić information content (AvgIpc) is 2.95. The molecule has 2 aromatic heterocycles. The standard InChI is InChI=1S/C16H16ClN5O2/c1-9-15(17)10(2)22-16(18-9)20-13(21-22)8-14(23)19-11-5-4-6-12(7-11)24-3/h4-7H,8H2,1-3H3,(H,19,23). The van der Waals surface area contributed by atoms with Crippen LogP contribution in [0.5, 0.6) is 5.75 Å². The van der Waals surface area contributed by atoms with Gasteiger partial charge in [0, 0.05) is 11.8 Å². The quantitative estimate of drug-likeness (QED) is 0.786. The van der Waals surface area contributed by atoms with Crippen LogP contribution < -0.4 is 10.1 Å². The van der Waals surface area contributed by atoms with Crippen LogP contribution in [0.25, 0.3) is 5.78 Å². The zero-order valence-corrected chi connectivity index (χ0v) is 14.3. The number of nitrogens with zero attached hydrogens (tertiary/aromatic N) is 4. The van der Waals surface area contributed by atoms with Crippen LogP contribution in [0.2, 0.25) is 5.02 Å². The van der Waals surface area contributed by atoms with E-state index in [1.165, 1.54) is 0 Å². The van der Waals surface area contributed by atoms with Crippen molar-refractivity contribution in [3.63, 3.8) is 0 Å². The second-order valence-corrected chi connectivity index (χ2v) is 5.67. The number of nitrogens with one attached hydrogen (secondary N) is 1. The van der Waals surface area contributed by atoms with Gasteiger partial charge in [-0.2, -0.15) is 9.50 Å². The number of methoxy groups -OCH3 is 1. The first-order valence-electron chi connectivity index (χ1n) is 7.30. The molecule has 1 amide bonds. The zero-order valence-electron chi connectivity index (χ0n) is 13.5. The molecule has 0 aliphatic heterocycles. The molecular weight excluding hydrogens is 330 g/mol. The SMILES string of the molecule is COc1cccc(NC(=O)Cc2nc3nc(C)c(Cl)c(C)n3n2)c1. The van der Waals surface area contributed by atoms with E-state index in [4.69, 9.17) is 16.3 Å². The monoisotopic (exact) mass is 345 g/mol. The molecule has 124 valence electrons. The summed E-state index contributed by atoms with van der Waals surface area (Å²) < 4.78 is 6.68. The number of carbonyl (C=O) groups excluding carboxylic acids is 1. The lowest BCUT2D eigenvalue weighted by Gasteiger charge is -2.05. The zero-order chi connectivity index (χ0) is 17.3. The molecule has 0 radical (unpaired) electrons. The first-order valence-corrected chi connectivity index (χ1v) is 7.68. The Morgan fingerprint density at radius 1 is 1.33 bits per heavy atom. The molecule has 0 fully saturated rings. The number of benzene rings is 1. The maximum atomic E-state index is 12.2. The third-order valence-electron chi connectivity index (χ3n) is 3.53. The molecular formula is C16H16ClN5O2. The smallest absolute Gasteiger partial charge is 0.252 e. The summed E-state index contributed by atoms with van der Waals surface area (Å²) in [6.07, 6.45) is 0.0384. The number of ether oxygens (including phenoxy) is 1. The fourth-order valence-electron chi connectivity index (χ4n) is 2.32. The minimum absolute atomic E-state index is 0.0384. The van der Waals surface area contributed by atoms with E-state index < -0.39 is 0 Å². The molecule has 0 saturated carbocycles. The fraction of sp³-hybridized carbons (Fsp3) is 0.250. The highest BCUT2D eigenvalue weighted by molar-refractivity contribution is 6.31. The summed E-state index contributed by atoms with van der Waals surface area (Å²) in [5.41, 5.74) is 2.07. The molecule has 0 aliphatic carbocycles. The van der Waals surface area contributed by atoms with Crippen molar-refractivity contribution in [1.82, 2.24) is 19.6 Å². The van der Waals surface area contributed by atoms with Gasteiger partial charge < -0.3 is 10.1 Å². The Kier molecular flexibility index (Phi) is 4.35. The number of amides is 1. The van der Waals surface area contributed by atoms with Gasteiger partial charge in [0.2, 0.25) is 5.91 Å². The largest absolute Gasteiger partial charge is 0.497 e. The van der Waals surface area contributed by atoms with E-state index in [2.05, 4.69) is 20.4 Å². The highest BCUT2D eigenvalue weighted by atomic mass is 35.5. The Labute approximate surface area is 143 Å². The first kappa shape index (κ1) is 16.2. The summed E-state index contributed by atoms with van der Waals surface area (Å²) in [4.78, 5) is 20.8. The highest BCUT2D eigenvalue weighted by Gasteiger charge is 2.14. The fourth-order valence-corrected chi connectivity index (χ4v) is 2.44.